The third-order valence-electron chi connectivity index (χ3n) is 6.13. The van der Waals surface area contributed by atoms with Gasteiger partial charge in [0.15, 0.2) is 0 Å². The van der Waals surface area contributed by atoms with E-state index in [-0.39, 0.29) is 5.52 Å². The Morgan fingerprint density at radius 1 is 0.844 bits per heavy atom. The minimum atomic E-state index is -0.646. The summed E-state index contributed by atoms with van der Waals surface area (Å²) < 4.78 is 3.88. The second-order valence-corrected chi connectivity index (χ2v) is 8.27. The third kappa shape index (κ3) is 3.57. The zero-order chi connectivity index (χ0) is 23.0. The minimum absolute atomic E-state index is 0.266. The molecule has 4 aromatic rings. The van der Waals surface area contributed by atoms with E-state index in [1.165, 1.54) is 33.4 Å². The van der Waals surface area contributed by atoms with E-state index in [0.717, 1.165) is 28.4 Å². The van der Waals surface area contributed by atoms with Crippen LogP contribution in [0.3, 0.4) is 0 Å². The van der Waals surface area contributed by atoms with Crippen LogP contribution in [0.25, 0.3) is 32.8 Å². The molecule has 0 saturated carbocycles. The van der Waals surface area contributed by atoms with Crippen LogP contribution in [0, 0.1) is 0 Å². The molecule has 9 heteroatoms. The second-order valence-electron chi connectivity index (χ2n) is 8.27. The van der Waals surface area contributed by atoms with E-state index >= 15 is 0 Å². The smallest absolute Gasteiger partial charge is 0.327 e. The van der Waals surface area contributed by atoms with Crippen molar-refractivity contribution in [2.75, 3.05) is 0 Å². The number of benzene rings is 1. The summed E-state index contributed by atoms with van der Waals surface area (Å²) in [5, 5.41) is 1.17. The summed E-state index contributed by atoms with van der Waals surface area (Å²) in [7, 11) is 2.80. The fraction of sp³-hybridized carbons (Fsp3) is 0.435. The van der Waals surface area contributed by atoms with Crippen molar-refractivity contribution in [3.8, 4) is 0 Å². The molecule has 0 amide bonds. The van der Waals surface area contributed by atoms with Gasteiger partial charge in [-0.25, -0.2) is 9.59 Å². The molecule has 32 heavy (non-hydrogen) atoms. The summed E-state index contributed by atoms with van der Waals surface area (Å²) in [6.45, 7) is 2.76. The molecular weight excluding hydrogens is 410 g/mol. The maximum absolute atomic E-state index is 12.9. The Labute approximate surface area is 183 Å². The molecule has 1 aromatic carbocycles. The van der Waals surface area contributed by atoms with Crippen molar-refractivity contribution in [1.82, 2.24) is 23.7 Å². The van der Waals surface area contributed by atoms with E-state index in [1.807, 2.05) is 4.57 Å². The van der Waals surface area contributed by atoms with E-state index < -0.39 is 22.5 Å². The number of H-pyrrole nitrogens is 1. The summed E-state index contributed by atoms with van der Waals surface area (Å²) in [6, 6.07) is 5.06. The van der Waals surface area contributed by atoms with Gasteiger partial charge in [-0.05, 0) is 24.6 Å². The number of fused-ring (bicyclic) bond motifs is 4. The fourth-order valence-corrected chi connectivity index (χ4v) is 4.22. The van der Waals surface area contributed by atoms with Crippen LogP contribution in [0.2, 0.25) is 0 Å². The first kappa shape index (κ1) is 21.7. The van der Waals surface area contributed by atoms with Crippen molar-refractivity contribution in [3.63, 3.8) is 0 Å². The lowest BCUT2D eigenvalue weighted by Gasteiger charge is -2.16. The van der Waals surface area contributed by atoms with Gasteiger partial charge in [0.25, 0.3) is 11.1 Å². The van der Waals surface area contributed by atoms with E-state index in [0.29, 0.717) is 33.9 Å². The van der Waals surface area contributed by atoms with Crippen LogP contribution in [0.1, 0.15) is 45.4 Å². The van der Waals surface area contributed by atoms with Crippen LogP contribution in [0.4, 0.5) is 0 Å². The Kier molecular flexibility index (Phi) is 5.82. The normalized spacial score (nSPS) is 11.7. The molecular formula is C23H27N5O4. The number of hydrogen-bond donors (Lipinski definition) is 1. The molecule has 1 N–H and O–H groups in total. The van der Waals surface area contributed by atoms with Gasteiger partial charge >= 0.3 is 11.4 Å². The minimum Gasteiger partial charge on any atom is -0.327 e. The number of rotatable bonds is 7. The highest BCUT2D eigenvalue weighted by Gasteiger charge is 2.16. The van der Waals surface area contributed by atoms with Crippen LogP contribution >= 0.6 is 0 Å². The predicted octanol–water partition coefficient (Wildman–Crippen LogP) is 2.15. The van der Waals surface area contributed by atoms with Gasteiger partial charge in [-0.3, -0.25) is 23.7 Å². The number of pyridine rings is 1. The molecule has 0 bridgehead atoms. The number of aromatic amines is 1. The Morgan fingerprint density at radius 2 is 1.53 bits per heavy atom. The van der Waals surface area contributed by atoms with Crippen LogP contribution < -0.4 is 22.5 Å². The fourth-order valence-electron chi connectivity index (χ4n) is 4.22. The van der Waals surface area contributed by atoms with Crippen molar-refractivity contribution < 1.29 is 0 Å². The summed E-state index contributed by atoms with van der Waals surface area (Å²) >= 11 is 0. The maximum atomic E-state index is 12.9. The summed E-state index contributed by atoms with van der Waals surface area (Å²) in [6.07, 6.45) is 6.58. The largest absolute Gasteiger partial charge is 0.350 e. The first-order valence-corrected chi connectivity index (χ1v) is 11.0. The summed E-state index contributed by atoms with van der Waals surface area (Å²) in [4.78, 5) is 57.0. The number of hydrogen-bond acceptors (Lipinski definition) is 5. The molecule has 0 fully saturated rings. The lowest BCUT2D eigenvalue weighted by atomic mass is 10.1. The van der Waals surface area contributed by atoms with Gasteiger partial charge in [-0.2, -0.15) is 4.98 Å². The molecule has 4 rings (SSSR count). The van der Waals surface area contributed by atoms with E-state index in [4.69, 9.17) is 0 Å². The van der Waals surface area contributed by atoms with E-state index in [9.17, 15) is 19.2 Å². The Morgan fingerprint density at radius 3 is 2.28 bits per heavy atom. The van der Waals surface area contributed by atoms with Crippen molar-refractivity contribution in [3.05, 3.63) is 59.9 Å². The van der Waals surface area contributed by atoms with Gasteiger partial charge in [-0.1, -0.05) is 39.0 Å². The summed E-state index contributed by atoms with van der Waals surface area (Å²) in [5.74, 6) is 0. The monoisotopic (exact) mass is 437 g/mol. The van der Waals surface area contributed by atoms with Crippen LogP contribution in [-0.4, -0.2) is 23.7 Å². The molecule has 3 heterocycles. The predicted molar refractivity (Wildman–Crippen MR) is 125 cm³/mol. The van der Waals surface area contributed by atoms with Crippen molar-refractivity contribution in [1.29, 1.82) is 0 Å². The average Bonchev–Trinajstić information content (AvgIpc) is 2.78. The highest BCUT2D eigenvalue weighted by Crippen LogP contribution is 2.25. The molecule has 0 unspecified atom stereocenters. The number of nitrogens with one attached hydrogen (secondary N) is 1. The van der Waals surface area contributed by atoms with Gasteiger partial charge < -0.3 is 4.57 Å². The zero-order valence-corrected chi connectivity index (χ0v) is 18.6. The molecule has 3 aromatic heterocycles. The zero-order valence-electron chi connectivity index (χ0n) is 18.6. The third-order valence-corrected chi connectivity index (χ3v) is 6.13. The Bertz CT molecular complexity index is 1570. The number of unbranched alkanes of at least 4 members (excludes halogenated alkanes) is 5. The van der Waals surface area contributed by atoms with Crippen LogP contribution in [0.15, 0.2) is 37.4 Å². The molecule has 9 nitrogen and oxygen atoms in total. The van der Waals surface area contributed by atoms with Crippen molar-refractivity contribution in [2.45, 2.75) is 52.0 Å². The number of aryl methyl sites for hydroxylation is 1. The van der Waals surface area contributed by atoms with Crippen LogP contribution in [0.5, 0.6) is 0 Å². The molecule has 0 saturated heterocycles. The Balaban J connectivity index is 2.00. The first-order valence-electron chi connectivity index (χ1n) is 11.0. The summed E-state index contributed by atoms with van der Waals surface area (Å²) in [5.41, 5.74) is -0.598. The number of nitrogens with zero attached hydrogens (tertiary/aromatic N) is 4. The Hall–Kier alpha value is -3.49. The van der Waals surface area contributed by atoms with Gasteiger partial charge in [0.1, 0.15) is 5.65 Å². The van der Waals surface area contributed by atoms with Gasteiger partial charge in [0.2, 0.25) is 0 Å². The van der Waals surface area contributed by atoms with Crippen LogP contribution in [-0.2, 0) is 20.6 Å². The van der Waals surface area contributed by atoms with Gasteiger partial charge in [0, 0.05) is 26.0 Å². The molecule has 0 aliphatic heterocycles. The van der Waals surface area contributed by atoms with Crippen molar-refractivity contribution in [2.24, 2.45) is 14.1 Å². The molecule has 0 spiro atoms. The quantitative estimate of drug-likeness (QED) is 0.270. The lowest BCUT2D eigenvalue weighted by Crippen LogP contribution is -2.34. The topological polar surface area (TPSA) is 112 Å². The molecule has 0 aliphatic rings. The standard InChI is InChI=1S/C23H27N5O4/c1-4-5-6-7-8-9-12-28-17-11-10-14-18(24-22(31)26(2)20(14)29)15(17)13-16-19(28)25-23(32)27(3)21(16)30/h10-11,13H,4-9,12H2,1-3H3,(H,25,32). The molecule has 168 valence electrons. The van der Waals surface area contributed by atoms with Gasteiger partial charge in [-0.15, -0.1) is 0 Å². The van der Waals surface area contributed by atoms with E-state index in [1.54, 1.807) is 18.2 Å². The van der Waals surface area contributed by atoms with E-state index in [2.05, 4.69) is 16.9 Å². The average molecular weight is 438 g/mol. The highest BCUT2D eigenvalue weighted by atomic mass is 16.2. The highest BCUT2D eigenvalue weighted by molar-refractivity contribution is 6.07. The molecule has 0 aliphatic carbocycles. The maximum Gasteiger partial charge on any atom is 0.350 e. The first-order chi connectivity index (χ1) is 15.3. The molecule has 0 radical (unpaired) electrons. The number of aromatic nitrogens is 5. The lowest BCUT2D eigenvalue weighted by molar-refractivity contribution is 0.568. The second kappa shape index (κ2) is 8.57. The van der Waals surface area contributed by atoms with Gasteiger partial charge in [0.05, 0.1) is 21.8 Å². The van der Waals surface area contributed by atoms with Crippen molar-refractivity contribution >= 4 is 32.8 Å². The molecule has 0 atom stereocenters. The SMILES string of the molecule is CCCCCCCCn1c2ccc3c(=O)n(C)c(=O)nc3c2cc2c(=O)n(C)c(=O)[nH]c21.